The number of carbonyl (C=O) groups is 2. The number of esters is 1. The fourth-order valence-corrected chi connectivity index (χ4v) is 12.0. The third-order valence-electron chi connectivity index (χ3n) is 15.2. The summed E-state index contributed by atoms with van der Waals surface area (Å²) in [6.45, 7) is 17.9. The molecule has 6 nitrogen and oxygen atoms in total. The van der Waals surface area contributed by atoms with Gasteiger partial charge in [0.2, 0.25) is 5.91 Å². The van der Waals surface area contributed by atoms with Crippen molar-refractivity contribution in [2.75, 3.05) is 26.2 Å². The number of unbranched alkanes of at least 4 members (excludes halogenated alkanes) is 5. The van der Waals surface area contributed by atoms with E-state index in [1.807, 2.05) is 4.90 Å². The number of rotatable bonds is 22. The van der Waals surface area contributed by atoms with Crippen molar-refractivity contribution in [3.05, 3.63) is 11.6 Å². The van der Waals surface area contributed by atoms with E-state index in [0.29, 0.717) is 37.8 Å². The number of carbonyl (C=O) groups excluding carboxylic acids is 2. The SMILES string of the molecule is CC[C@H](CC[C@@H](C)[C@H]1CC[C@H]2[C@@H]3CC=C4C[C@@H](OC(=O)CCCC(=O)N(CCCN)CCCCCCCCN)CC[C@]4(C)[C@H]3CC[C@]12C)C(C)C. The van der Waals surface area contributed by atoms with Crippen molar-refractivity contribution in [3.63, 3.8) is 0 Å². The standard InChI is InChI=1S/C45H81N3O3/c1-7-35(33(2)3)19-18-34(4)39-22-23-40-38-21-20-36-32-37(24-26-44(36,5)41(38)25-27-45(39,40)6)51-43(50)17-14-16-42(49)48(31-15-29-47)30-13-11-9-8-10-12-28-46/h20,33-35,37-41H,7-19,21-32,46-47H2,1-6H3/t34-,35-,37+,38+,39-,40+,41+,44+,45-/m1/s1. The Morgan fingerprint density at radius 1 is 0.843 bits per heavy atom. The molecule has 0 aromatic carbocycles. The summed E-state index contributed by atoms with van der Waals surface area (Å²) in [5, 5.41) is 0. The minimum atomic E-state index is -0.130. The lowest BCUT2D eigenvalue weighted by molar-refractivity contribution is -0.151. The van der Waals surface area contributed by atoms with E-state index in [1.165, 1.54) is 70.6 Å². The highest BCUT2D eigenvalue weighted by molar-refractivity contribution is 5.77. The Morgan fingerprint density at radius 2 is 1.55 bits per heavy atom. The van der Waals surface area contributed by atoms with Crippen LogP contribution >= 0.6 is 0 Å². The Hall–Kier alpha value is -1.40. The lowest BCUT2D eigenvalue weighted by Gasteiger charge is -2.58. The number of ether oxygens (including phenoxy) is 1. The van der Waals surface area contributed by atoms with Crippen molar-refractivity contribution in [2.24, 2.45) is 63.7 Å². The van der Waals surface area contributed by atoms with Gasteiger partial charge < -0.3 is 21.1 Å². The van der Waals surface area contributed by atoms with E-state index in [0.717, 1.165) is 99.5 Å². The predicted octanol–water partition coefficient (Wildman–Crippen LogP) is 10.2. The van der Waals surface area contributed by atoms with Crippen LogP contribution in [0.5, 0.6) is 0 Å². The van der Waals surface area contributed by atoms with Gasteiger partial charge in [0.1, 0.15) is 6.10 Å². The highest BCUT2D eigenvalue weighted by atomic mass is 16.5. The molecular weight excluding hydrogens is 631 g/mol. The molecule has 4 rings (SSSR count). The molecule has 0 heterocycles. The Labute approximate surface area is 314 Å². The van der Waals surface area contributed by atoms with E-state index in [-0.39, 0.29) is 23.4 Å². The predicted molar refractivity (Wildman–Crippen MR) is 213 cm³/mol. The van der Waals surface area contributed by atoms with Crippen LogP contribution in [0.15, 0.2) is 11.6 Å². The molecule has 4 aliphatic rings. The summed E-state index contributed by atoms with van der Waals surface area (Å²) in [7, 11) is 0. The molecule has 0 saturated heterocycles. The number of hydrogen-bond donors (Lipinski definition) is 2. The molecule has 0 unspecified atom stereocenters. The van der Waals surface area contributed by atoms with Crippen molar-refractivity contribution >= 4 is 11.9 Å². The van der Waals surface area contributed by atoms with Gasteiger partial charge in [-0.2, -0.15) is 0 Å². The Bertz CT molecular complexity index is 1110. The van der Waals surface area contributed by atoms with Gasteiger partial charge >= 0.3 is 5.97 Å². The lowest BCUT2D eigenvalue weighted by atomic mass is 9.47. The monoisotopic (exact) mass is 712 g/mol. The van der Waals surface area contributed by atoms with Crippen LogP contribution in [0.4, 0.5) is 0 Å². The maximum atomic E-state index is 13.1. The fraction of sp³-hybridized carbons (Fsp3) is 0.911. The normalized spacial score (nSPS) is 31.3. The van der Waals surface area contributed by atoms with Gasteiger partial charge in [-0.05, 0) is 142 Å². The number of nitrogens with two attached hydrogens (primary N) is 2. The first kappa shape index (κ1) is 42.3. The van der Waals surface area contributed by atoms with Crippen molar-refractivity contribution in [1.29, 1.82) is 0 Å². The second-order valence-electron chi connectivity index (χ2n) is 18.6. The molecule has 0 spiro atoms. The fourth-order valence-electron chi connectivity index (χ4n) is 12.0. The molecule has 3 saturated carbocycles. The number of amides is 1. The van der Waals surface area contributed by atoms with Gasteiger partial charge in [0.25, 0.3) is 0 Å². The molecular formula is C45H81N3O3. The first-order valence-electron chi connectivity index (χ1n) is 22.0. The summed E-state index contributed by atoms with van der Waals surface area (Å²) in [6, 6.07) is 0. The van der Waals surface area contributed by atoms with Crippen molar-refractivity contribution in [3.8, 4) is 0 Å². The van der Waals surface area contributed by atoms with Gasteiger partial charge in [-0.3, -0.25) is 9.59 Å². The number of allylic oxidation sites excluding steroid dienone is 1. The first-order valence-corrected chi connectivity index (χ1v) is 22.0. The molecule has 1 amide bonds. The van der Waals surface area contributed by atoms with Gasteiger partial charge in [-0.25, -0.2) is 0 Å². The maximum Gasteiger partial charge on any atom is 0.306 e. The summed E-state index contributed by atoms with van der Waals surface area (Å²) in [5.41, 5.74) is 13.7. The van der Waals surface area contributed by atoms with E-state index in [9.17, 15) is 9.59 Å². The first-order chi connectivity index (χ1) is 24.5. The van der Waals surface area contributed by atoms with Gasteiger partial charge in [-0.15, -0.1) is 0 Å². The van der Waals surface area contributed by atoms with Gasteiger partial charge in [0, 0.05) is 32.4 Å². The van der Waals surface area contributed by atoms with E-state index in [2.05, 4.69) is 47.6 Å². The molecule has 0 aromatic rings. The van der Waals surface area contributed by atoms with E-state index in [4.69, 9.17) is 16.2 Å². The lowest BCUT2D eigenvalue weighted by Crippen LogP contribution is -2.51. The topological polar surface area (TPSA) is 98.7 Å². The molecule has 294 valence electrons. The molecule has 4 N–H and O–H groups in total. The summed E-state index contributed by atoms with van der Waals surface area (Å²) >= 11 is 0. The van der Waals surface area contributed by atoms with Gasteiger partial charge in [0.15, 0.2) is 0 Å². The van der Waals surface area contributed by atoms with Crippen LogP contribution in [0.2, 0.25) is 0 Å². The van der Waals surface area contributed by atoms with Crippen molar-refractivity contribution < 1.29 is 14.3 Å². The second-order valence-corrected chi connectivity index (χ2v) is 18.6. The maximum absolute atomic E-state index is 13.1. The Kier molecular flexibility index (Phi) is 16.9. The van der Waals surface area contributed by atoms with Crippen molar-refractivity contribution in [2.45, 2.75) is 182 Å². The van der Waals surface area contributed by atoms with Crippen LogP contribution in [0.1, 0.15) is 176 Å². The molecule has 3 fully saturated rings. The third-order valence-corrected chi connectivity index (χ3v) is 15.2. The van der Waals surface area contributed by atoms with Crippen LogP contribution in [-0.2, 0) is 14.3 Å². The molecule has 6 heteroatoms. The van der Waals surface area contributed by atoms with Gasteiger partial charge in [-0.1, -0.05) is 91.7 Å². The van der Waals surface area contributed by atoms with E-state index >= 15 is 0 Å². The van der Waals surface area contributed by atoms with Gasteiger partial charge in [0.05, 0.1) is 0 Å². The summed E-state index contributed by atoms with van der Waals surface area (Å²) < 4.78 is 6.11. The molecule has 0 bridgehead atoms. The molecule has 4 aliphatic carbocycles. The van der Waals surface area contributed by atoms with E-state index in [1.54, 1.807) is 5.57 Å². The third kappa shape index (κ3) is 10.9. The summed E-state index contributed by atoms with van der Waals surface area (Å²) in [4.78, 5) is 28.1. The average molecular weight is 712 g/mol. The van der Waals surface area contributed by atoms with Crippen molar-refractivity contribution in [1.82, 2.24) is 4.90 Å². The molecule has 0 radical (unpaired) electrons. The van der Waals surface area contributed by atoms with Crippen LogP contribution in [0, 0.1) is 52.3 Å². The molecule has 0 aliphatic heterocycles. The second kappa shape index (κ2) is 20.3. The number of nitrogens with zero attached hydrogens (tertiary/aromatic N) is 1. The van der Waals surface area contributed by atoms with Crippen LogP contribution < -0.4 is 11.5 Å². The number of hydrogen-bond acceptors (Lipinski definition) is 5. The summed E-state index contributed by atoms with van der Waals surface area (Å²) in [5.74, 6) is 5.86. The summed E-state index contributed by atoms with van der Waals surface area (Å²) in [6.07, 6.45) is 25.5. The largest absolute Gasteiger partial charge is 0.462 e. The Balaban J connectivity index is 1.23. The molecule has 51 heavy (non-hydrogen) atoms. The van der Waals surface area contributed by atoms with Crippen LogP contribution in [-0.4, -0.2) is 49.1 Å². The quantitative estimate of drug-likeness (QED) is 0.0662. The average Bonchev–Trinajstić information content (AvgIpc) is 3.46. The number of fused-ring (bicyclic) bond motifs is 5. The van der Waals surface area contributed by atoms with Crippen LogP contribution in [0.3, 0.4) is 0 Å². The van der Waals surface area contributed by atoms with Crippen LogP contribution in [0.25, 0.3) is 0 Å². The Morgan fingerprint density at radius 3 is 2.25 bits per heavy atom. The molecule has 9 atom stereocenters. The zero-order valence-corrected chi connectivity index (χ0v) is 34.2. The zero-order valence-electron chi connectivity index (χ0n) is 34.2. The van der Waals surface area contributed by atoms with E-state index < -0.39 is 0 Å². The zero-order chi connectivity index (χ0) is 37.0. The smallest absolute Gasteiger partial charge is 0.306 e. The highest BCUT2D eigenvalue weighted by Gasteiger charge is 2.59. The minimum Gasteiger partial charge on any atom is -0.462 e. The highest BCUT2D eigenvalue weighted by Crippen LogP contribution is 2.67. The minimum absolute atomic E-state index is 0.0154. The molecule has 0 aromatic heterocycles.